The number of hydrogen-bond donors (Lipinski definition) is 1. The normalized spacial score (nSPS) is 12.6. The Hall–Kier alpha value is -1.13. The Balaban J connectivity index is 2.54. The first-order valence-electron chi connectivity index (χ1n) is 5.65. The summed E-state index contributed by atoms with van der Waals surface area (Å²) < 4.78 is 0. The van der Waals surface area contributed by atoms with Crippen LogP contribution in [0.4, 0.5) is 0 Å². The van der Waals surface area contributed by atoms with Gasteiger partial charge < -0.3 is 9.90 Å². The fraction of sp³-hybridized carbons (Fsp3) is 0.214. The maximum atomic E-state index is 11.2. The van der Waals surface area contributed by atoms with Crippen molar-refractivity contribution in [2.45, 2.75) is 18.6 Å². The highest BCUT2D eigenvalue weighted by molar-refractivity contribution is 8.68. The molecule has 0 saturated carbocycles. The summed E-state index contributed by atoms with van der Waals surface area (Å²) in [6.07, 6.45) is 0.791. The molecule has 2 nitrogen and oxygen atoms in total. The largest absolute Gasteiger partial charge is 0.545 e. The van der Waals surface area contributed by atoms with Crippen LogP contribution < -0.4 is 5.11 Å². The minimum absolute atomic E-state index is 0.263. The Morgan fingerprint density at radius 1 is 1.39 bits per heavy atom. The smallest absolute Gasteiger partial charge is 0.0721 e. The average Bonchev–Trinajstić information content (AvgIpc) is 2.37. The van der Waals surface area contributed by atoms with Crippen molar-refractivity contribution < 1.29 is 9.90 Å². The lowest BCUT2D eigenvalue weighted by molar-refractivity contribution is -0.254. The molecule has 0 saturated heterocycles. The first kappa shape index (κ1) is 13.3. The maximum absolute atomic E-state index is 11.2. The van der Waals surface area contributed by atoms with Crippen LogP contribution in [-0.4, -0.2) is 11.2 Å². The third kappa shape index (κ3) is 2.82. The SMILES string of the molecule is CC(Cc1cc(C(=O)[O-])c2ccccc2c1)SS. The summed E-state index contributed by atoms with van der Waals surface area (Å²) >= 11 is 4.17. The van der Waals surface area contributed by atoms with E-state index < -0.39 is 5.97 Å². The van der Waals surface area contributed by atoms with E-state index in [1.165, 1.54) is 10.8 Å². The van der Waals surface area contributed by atoms with Crippen LogP contribution in [0.5, 0.6) is 0 Å². The fourth-order valence-corrected chi connectivity index (χ4v) is 2.52. The second kappa shape index (κ2) is 5.67. The lowest BCUT2D eigenvalue weighted by Crippen LogP contribution is -2.22. The van der Waals surface area contributed by atoms with Gasteiger partial charge in [-0.05, 0) is 28.8 Å². The fourth-order valence-electron chi connectivity index (χ4n) is 2.03. The molecule has 18 heavy (non-hydrogen) atoms. The van der Waals surface area contributed by atoms with Crippen molar-refractivity contribution in [2.24, 2.45) is 0 Å². The summed E-state index contributed by atoms with van der Waals surface area (Å²) in [5.74, 6) is -1.13. The number of carbonyl (C=O) groups excluding carboxylic acids is 1. The lowest BCUT2D eigenvalue weighted by Gasteiger charge is -2.13. The summed E-state index contributed by atoms with van der Waals surface area (Å²) in [5.41, 5.74) is 1.27. The molecule has 0 N–H and O–H groups in total. The molecule has 0 aromatic heterocycles. The molecule has 4 heteroatoms. The van der Waals surface area contributed by atoms with Crippen LogP contribution >= 0.6 is 22.5 Å². The predicted octanol–water partition coefficient (Wildman–Crippen LogP) is 2.71. The van der Waals surface area contributed by atoms with Crippen LogP contribution in [0.1, 0.15) is 22.8 Å². The van der Waals surface area contributed by atoms with E-state index in [1.807, 2.05) is 24.3 Å². The van der Waals surface area contributed by atoms with E-state index in [0.717, 1.165) is 22.8 Å². The van der Waals surface area contributed by atoms with E-state index in [1.54, 1.807) is 12.1 Å². The van der Waals surface area contributed by atoms with Crippen LogP contribution in [0.15, 0.2) is 36.4 Å². The van der Waals surface area contributed by atoms with Crippen molar-refractivity contribution in [3.05, 3.63) is 47.5 Å². The first-order chi connectivity index (χ1) is 8.61. The number of carboxylic acids is 1. The van der Waals surface area contributed by atoms with Crippen LogP contribution in [0, 0.1) is 0 Å². The van der Waals surface area contributed by atoms with Crippen molar-refractivity contribution in [2.75, 3.05) is 0 Å². The number of aromatic carboxylic acids is 1. The van der Waals surface area contributed by atoms with Crippen LogP contribution in [0.3, 0.4) is 0 Å². The molecule has 1 atom stereocenters. The third-order valence-corrected chi connectivity index (χ3v) is 4.45. The zero-order valence-electron chi connectivity index (χ0n) is 9.92. The van der Waals surface area contributed by atoms with Crippen LogP contribution in [0.2, 0.25) is 0 Å². The summed E-state index contributed by atoms with van der Waals surface area (Å²) in [7, 11) is 1.47. The van der Waals surface area contributed by atoms with Crippen molar-refractivity contribution in [3.8, 4) is 0 Å². The molecule has 2 rings (SSSR count). The van der Waals surface area contributed by atoms with Gasteiger partial charge in [-0.3, -0.25) is 0 Å². The maximum Gasteiger partial charge on any atom is 0.0721 e. The second-order valence-electron chi connectivity index (χ2n) is 4.27. The summed E-state index contributed by atoms with van der Waals surface area (Å²) in [5, 5.41) is 13.2. The Labute approximate surface area is 115 Å². The van der Waals surface area contributed by atoms with E-state index in [0.29, 0.717) is 5.25 Å². The molecular weight excluding hydrogens is 264 g/mol. The molecule has 94 valence electrons. The Kier molecular flexibility index (Phi) is 4.19. The third-order valence-electron chi connectivity index (χ3n) is 2.84. The highest BCUT2D eigenvalue weighted by Gasteiger charge is 2.07. The van der Waals surface area contributed by atoms with Gasteiger partial charge in [0.2, 0.25) is 0 Å². The van der Waals surface area contributed by atoms with Crippen LogP contribution in [0.25, 0.3) is 10.8 Å². The van der Waals surface area contributed by atoms with Gasteiger partial charge in [0.1, 0.15) is 0 Å². The van der Waals surface area contributed by atoms with Gasteiger partial charge in [-0.1, -0.05) is 48.0 Å². The van der Waals surface area contributed by atoms with Gasteiger partial charge in [0.15, 0.2) is 0 Å². The Morgan fingerprint density at radius 3 is 2.78 bits per heavy atom. The second-order valence-corrected chi connectivity index (χ2v) is 5.92. The number of carboxylic acid groups (broad SMARTS) is 1. The number of fused-ring (bicyclic) bond motifs is 1. The van der Waals surface area contributed by atoms with Gasteiger partial charge in [0.25, 0.3) is 0 Å². The molecule has 0 aliphatic rings. The van der Waals surface area contributed by atoms with E-state index in [-0.39, 0.29) is 5.56 Å². The average molecular weight is 277 g/mol. The Morgan fingerprint density at radius 2 is 2.11 bits per heavy atom. The monoisotopic (exact) mass is 277 g/mol. The molecular formula is C14H13O2S2-. The van der Waals surface area contributed by atoms with Gasteiger partial charge in [-0.15, -0.1) is 11.7 Å². The molecule has 0 heterocycles. The lowest BCUT2D eigenvalue weighted by atomic mass is 9.99. The summed E-state index contributed by atoms with van der Waals surface area (Å²) in [6, 6.07) is 11.2. The van der Waals surface area contributed by atoms with Crippen molar-refractivity contribution in [3.63, 3.8) is 0 Å². The predicted molar refractivity (Wildman–Crippen MR) is 78.0 cm³/mol. The molecule has 0 amide bonds. The van der Waals surface area contributed by atoms with Gasteiger partial charge in [-0.25, -0.2) is 0 Å². The van der Waals surface area contributed by atoms with E-state index in [9.17, 15) is 9.90 Å². The quantitative estimate of drug-likeness (QED) is 0.690. The standard InChI is InChI=1S/C14H14O2S2/c1-9(18-17)6-10-7-11-4-2-3-5-12(11)13(8-10)14(15)16/h2-5,7-9,17H,6H2,1H3,(H,15,16)/p-1. The zero-order chi connectivity index (χ0) is 13.1. The minimum atomic E-state index is -1.13. The number of rotatable bonds is 4. The van der Waals surface area contributed by atoms with Gasteiger partial charge in [0.05, 0.1) is 5.97 Å². The number of carbonyl (C=O) groups is 1. The Bertz CT molecular complexity index is 581. The molecule has 2 aromatic carbocycles. The van der Waals surface area contributed by atoms with Gasteiger partial charge in [0, 0.05) is 10.8 Å². The topological polar surface area (TPSA) is 40.1 Å². The molecule has 0 aliphatic heterocycles. The molecule has 1 unspecified atom stereocenters. The van der Waals surface area contributed by atoms with E-state index in [4.69, 9.17) is 0 Å². The highest BCUT2D eigenvalue weighted by Crippen LogP contribution is 2.24. The molecule has 0 fully saturated rings. The van der Waals surface area contributed by atoms with Crippen molar-refractivity contribution in [1.29, 1.82) is 0 Å². The minimum Gasteiger partial charge on any atom is -0.545 e. The molecule has 0 bridgehead atoms. The van der Waals surface area contributed by atoms with E-state index >= 15 is 0 Å². The van der Waals surface area contributed by atoms with E-state index in [2.05, 4.69) is 18.6 Å². The van der Waals surface area contributed by atoms with Crippen molar-refractivity contribution in [1.82, 2.24) is 0 Å². The van der Waals surface area contributed by atoms with Gasteiger partial charge in [-0.2, -0.15) is 0 Å². The summed E-state index contributed by atoms with van der Waals surface area (Å²) in [4.78, 5) is 11.2. The number of hydrogen-bond acceptors (Lipinski definition) is 4. The molecule has 0 radical (unpaired) electrons. The molecule has 0 spiro atoms. The number of benzene rings is 2. The number of thiol groups is 1. The van der Waals surface area contributed by atoms with Crippen molar-refractivity contribution >= 4 is 39.2 Å². The zero-order valence-corrected chi connectivity index (χ0v) is 11.6. The highest BCUT2D eigenvalue weighted by atomic mass is 33.1. The van der Waals surface area contributed by atoms with Crippen LogP contribution in [-0.2, 0) is 6.42 Å². The summed E-state index contributed by atoms with van der Waals surface area (Å²) in [6.45, 7) is 2.06. The molecule has 2 aromatic rings. The first-order valence-corrected chi connectivity index (χ1v) is 7.58. The molecule has 0 aliphatic carbocycles. The van der Waals surface area contributed by atoms with Gasteiger partial charge >= 0.3 is 0 Å².